The Morgan fingerprint density at radius 3 is 3.06 bits per heavy atom. The molecule has 8 heteroatoms. The van der Waals surface area contributed by atoms with Gasteiger partial charge in [0.15, 0.2) is 11.5 Å². The second-order valence-corrected chi connectivity index (χ2v) is 5.77. The second-order valence-electron chi connectivity index (χ2n) is 3.63. The van der Waals surface area contributed by atoms with Gasteiger partial charge in [-0.05, 0) is 18.5 Å². The molecule has 2 aromatic heterocycles. The van der Waals surface area contributed by atoms with E-state index in [0.717, 1.165) is 0 Å². The van der Waals surface area contributed by atoms with Gasteiger partial charge in [0.05, 0.1) is 6.33 Å². The Balaban J connectivity index is 2.23. The topological polar surface area (TPSA) is 83.6 Å². The molecule has 0 fully saturated rings. The molecule has 0 amide bonds. The van der Waals surface area contributed by atoms with Gasteiger partial charge in [0.2, 0.25) is 5.28 Å². The van der Waals surface area contributed by atoms with Crippen molar-refractivity contribution in [2.75, 3.05) is 18.1 Å². The largest absolute Gasteiger partial charge is 0.367 e. The summed E-state index contributed by atoms with van der Waals surface area (Å²) in [5, 5.41) is 3.26. The number of aromatic amines is 1. The van der Waals surface area contributed by atoms with E-state index in [2.05, 4.69) is 25.3 Å². The highest BCUT2D eigenvalue weighted by atomic mass is 35.5. The van der Waals surface area contributed by atoms with E-state index >= 15 is 0 Å². The zero-order valence-corrected chi connectivity index (χ0v) is 11.0. The van der Waals surface area contributed by atoms with E-state index in [1.165, 1.54) is 6.33 Å². The molecule has 2 heterocycles. The maximum atomic E-state index is 11.2. The van der Waals surface area contributed by atoms with Crippen LogP contribution in [-0.4, -0.2) is 42.2 Å². The van der Waals surface area contributed by atoms with Gasteiger partial charge < -0.3 is 10.3 Å². The molecular weight excluding hydrogens is 262 g/mol. The number of aromatic nitrogens is 4. The van der Waals surface area contributed by atoms with Gasteiger partial charge in [0, 0.05) is 28.9 Å². The first-order valence-electron chi connectivity index (χ1n) is 5.00. The normalized spacial score (nSPS) is 14.8. The van der Waals surface area contributed by atoms with E-state index in [4.69, 9.17) is 11.6 Å². The van der Waals surface area contributed by atoms with Crippen molar-refractivity contribution in [2.45, 2.75) is 12.2 Å². The predicted molar refractivity (Wildman–Crippen MR) is 68.7 cm³/mol. The summed E-state index contributed by atoms with van der Waals surface area (Å²) in [6.07, 6.45) is 3.20. The van der Waals surface area contributed by atoms with E-state index in [1.807, 2.05) is 6.92 Å². The van der Waals surface area contributed by atoms with Gasteiger partial charge in [-0.3, -0.25) is 4.21 Å². The van der Waals surface area contributed by atoms with Crippen LogP contribution in [0.3, 0.4) is 0 Å². The van der Waals surface area contributed by atoms with Crippen LogP contribution in [0.2, 0.25) is 5.28 Å². The summed E-state index contributed by atoms with van der Waals surface area (Å²) >= 11 is 5.78. The average molecular weight is 274 g/mol. The first-order valence-corrected chi connectivity index (χ1v) is 7.00. The molecule has 0 radical (unpaired) electrons. The van der Waals surface area contributed by atoms with Crippen molar-refractivity contribution in [3.63, 3.8) is 0 Å². The molecule has 0 aliphatic heterocycles. The fourth-order valence-electron chi connectivity index (χ4n) is 1.29. The Morgan fingerprint density at radius 1 is 1.59 bits per heavy atom. The maximum absolute atomic E-state index is 11.2. The van der Waals surface area contributed by atoms with E-state index in [0.29, 0.717) is 23.5 Å². The van der Waals surface area contributed by atoms with Crippen molar-refractivity contribution in [2.24, 2.45) is 0 Å². The van der Waals surface area contributed by atoms with Crippen LogP contribution in [0.4, 0.5) is 5.82 Å². The third kappa shape index (κ3) is 2.73. The standard InChI is InChI=1S/C9H12ClN5OS/c1-5(17(2)16)3-11-7-6-8(13-4-12-6)15-9(10)14-7/h4-5H,3H2,1-2H3,(H2,11,12,13,14,15). The van der Waals surface area contributed by atoms with Crippen LogP contribution in [-0.2, 0) is 10.8 Å². The van der Waals surface area contributed by atoms with Gasteiger partial charge in [-0.2, -0.15) is 9.97 Å². The van der Waals surface area contributed by atoms with Crippen molar-refractivity contribution >= 4 is 39.4 Å². The van der Waals surface area contributed by atoms with Gasteiger partial charge in [-0.15, -0.1) is 0 Å². The molecule has 92 valence electrons. The van der Waals surface area contributed by atoms with Crippen LogP contribution in [0.25, 0.3) is 11.2 Å². The van der Waals surface area contributed by atoms with Crippen molar-refractivity contribution in [3.8, 4) is 0 Å². The minimum absolute atomic E-state index is 0.0294. The fourth-order valence-corrected chi connectivity index (χ4v) is 1.77. The highest BCUT2D eigenvalue weighted by Crippen LogP contribution is 2.18. The molecule has 2 aromatic rings. The average Bonchev–Trinajstić information content (AvgIpc) is 2.72. The number of H-pyrrole nitrogens is 1. The zero-order chi connectivity index (χ0) is 12.4. The molecule has 2 N–H and O–H groups in total. The predicted octanol–water partition coefficient (Wildman–Crippen LogP) is 1.19. The maximum Gasteiger partial charge on any atom is 0.226 e. The number of hydrogen-bond donors (Lipinski definition) is 2. The first kappa shape index (κ1) is 12.3. The Kier molecular flexibility index (Phi) is 3.58. The second kappa shape index (κ2) is 4.97. The molecule has 0 bridgehead atoms. The number of hydrogen-bond acceptors (Lipinski definition) is 5. The van der Waals surface area contributed by atoms with E-state index < -0.39 is 10.8 Å². The minimum atomic E-state index is -0.878. The van der Waals surface area contributed by atoms with Crippen LogP contribution < -0.4 is 5.32 Å². The van der Waals surface area contributed by atoms with Gasteiger partial charge >= 0.3 is 0 Å². The Labute approximate surface area is 106 Å². The molecular formula is C9H12ClN5OS. The van der Waals surface area contributed by atoms with Gasteiger partial charge in [-0.1, -0.05) is 0 Å². The quantitative estimate of drug-likeness (QED) is 0.818. The summed E-state index contributed by atoms with van der Waals surface area (Å²) in [4.78, 5) is 15.0. The number of imidazole rings is 1. The Hall–Kier alpha value is -1.21. The first-order chi connectivity index (χ1) is 8.08. The lowest BCUT2D eigenvalue weighted by atomic mass is 10.4. The lowest BCUT2D eigenvalue weighted by molar-refractivity contribution is 0.679. The molecule has 2 unspecified atom stereocenters. The third-order valence-electron chi connectivity index (χ3n) is 2.38. The van der Waals surface area contributed by atoms with Crippen LogP contribution in [0.15, 0.2) is 6.33 Å². The van der Waals surface area contributed by atoms with Crippen LogP contribution in [0.5, 0.6) is 0 Å². The molecule has 2 rings (SSSR count). The lowest BCUT2D eigenvalue weighted by Crippen LogP contribution is -2.21. The summed E-state index contributed by atoms with van der Waals surface area (Å²) in [5.74, 6) is 0.579. The van der Waals surface area contributed by atoms with Crippen LogP contribution >= 0.6 is 11.6 Å². The van der Waals surface area contributed by atoms with Gasteiger partial charge in [-0.25, -0.2) is 4.98 Å². The molecule has 0 saturated carbocycles. The van der Waals surface area contributed by atoms with Gasteiger partial charge in [0.1, 0.15) is 5.52 Å². The van der Waals surface area contributed by atoms with Crippen LogP contribution in [0, 0.1) is 0 Å². The molecule has 17 heavy (non-hydrogen) atoms. The number of halogens is 1. The number of fused-ring (bicyclic) bond motifs is 1. The van der Waals surface area contributed by atoms with E-state index in [9.17, 15) is 4.21 Å². The molecule has 0 aromatic carbocycles. The highest BCUT2D eigenvalue weighted by Gasteiger charge is 2.11. The molecule has 0 aliphatic rings. The number of rotatable bonds is 4. The molecule has 6 nitrogen and oxygen atoms in total. The summed E-state index contributed by atoms with van der Waals surface area (Å²) in [6.45, 7) is 2.45. The summed E-state index contributed by atoms with van der Waals surface area (Å²) in [6, 6.07) is 0. The van der Waals surface area contributed by atoms with E-state index in [1.54, 1.807) is 6.26 Å². The number of nitrogens with one attached hydrogen (secondary N) is 2. The smallest absolute Gasteiger partial charge is 0.226 e. The molecule has 0 saturated heterocycles. The minimum Gasteiger partial charge on any atom is -0.367 e. The number of anilines is 1. The summed E-state index contributed by atoms with van der Waals surface area (Å²) < 4.78 is 11.2. The zero-order valence-electron chi connectivity index (χ0n) is 9.40. The number of nitrogens with zero attached hydrogens (tertiary/aromatic N) is 3. The molecule has 0 aliphatic carbocycles. The van der Waals surface area contributed by atoms with E-state index in [-0.39, 0.29) is 10.5 Å². The monoisotopic (exact) mass is 273 g/mol. The van der Waals surface area contributed by atoms with Crippen molar-refractivity contribution in [1.82, 2.24) is 19.9 Å². The van der Waals surface area contributed by atoms with Crippen molar-refractivity contribution < 1.29 is 4.21 Å². The molecule has 2 atom stereocenters. The van der Waals surface area contributed by atoms with Gasteiger partial charge in [0.25, 0.3) is 0 Å². The Bertz CT molecular complexity index is 557. The third-order valence-corrected chi connectivity index (χ3v) is 3.85. The van der Waals surface area contributed by atoms with Crippen molar-refractivity contribution in [1.29, 1.82) is 0 Å². The fraction of sp³-hybridized carbons (Fsp3) is 0.444. The highest BCUT2D eigenvalue weighted by molar-refractivity contribution is 7.84. The summed E-state index contributed by atoms with van der Waals surface area (Å²) in [5.41, 5.74) is 1.21. The lowest BCUT2D eigenvalue weighted by Gasteiger charge is -2.10. The SMILES string of the molecule is CC(CNc1nc(Cl)nc2nc[nH]c12)S(C)=O. The Morgan fingerprint density at radius 2 is 2.35 bits per heavy atom. The van der Waals surface area contributed by atoms with Crippen molar-refractivity contribution in [3.05, 3.63) is 11.6 Å². The van der Waals surface area contributed by atoms with Crippen LogP contribution in [0.1, 0.15) is 6.92 Å². The molecule has 0 spiro atoms. The summed E-state index contributed by atoms with van der Waals surface area (Å²) in [7, 11) is -0.878.